The molecule has 0 radical (unpaired) electrons. The molecule has 0 N–H and O–H groups in total. The predicted octanol–water partition coefficient (Wildman–Crippen LogP) is -0.586. The number of rotatable bonds is 4. The minimum absolute atomic E-state index is 0. The molecule has 0 bridgehead atoms. The Balaban J connectivity index is 0.00000200. The maximum atomic E-state index is 12.7. The minimum atomic E-state index is -4.92. The van der Waals surface area contributed by atoms with Gasteiger partial charge in [0.1, 0.15) is 0 Å². The van der Waals surface area contributed by atoms with Crippen LogP contribution < -0.4 is 61.3 Å². The zero-order chi connectivity index (χ0) is 13.9. The van der Waals surface area contributed by atoms with Crippen LogP contribution >= 0.6 is 0 Å². The Kier molecular flexibility index (Phi) is 7.49. The number of hydrogen-bond acceptors (Lipinski definition) is 0. The second kappa shape index (κ2) is 8.13. The van der Waals surface area contributed by atoms with Crippen LogP contribution in [-0.2, 0) is 5.32 Å². The molecule has 0 amide bonds. The molecule has 0 saturated heterocycles. The van der Waals surface area contributed by atoms with Crippen molar-refractivity contribution in [3.8, 4) is 0 Å². The monoisotopic (exact) mass is 372 g/mol. The third kappa shape index (κ3) is 5.64. The van der Waals surface area contributed by atoms with Gasteiger partial charge in [0.15, 0.2) is 0 Å². The molecular formula is C13H10BF4KSe. The molecule has 0 aliphatic carbocycles. The molecule has 0 aliphatic rings. The van der Waals surface area contributed by atoms with E-state index in [2.05, 4.69) is 0 Å². The van der Waals surface area contributed by atoms with E-state index in [9.17, 15) is 17.3 Å². The van der Waals surface area contributed by atoms with E-state index in [1.165, 1.54) is 24.3 Å². The first kappa shape index (κ1) is 18.4. The van der Waals surface area contributed by atoms with Crippen molar-refractivity contribution < 1.29 is 68.7 Å². The average Bonchev–Trinajstić information content (AvgIpc) is 2.37. The summed E-state index contributed by atoms with van der Waals surface area (Å²) in [4.78, 5) is 0. The zero-order valence-electron chi connectivity index (χ0n) is 10.8. The van der Waals surface area contributed by atoms with Crippen molar-refractivity contribution in [1.82, 2.24) is 0 Å². The van der Waals surface area contributed by atoms with E-state index < -0.39 is 12.4 Å². The van der Waals surface area contributed by atoms with E-state index >= 15 is 0 Å². The van der Waals surface area contributed by atoms with Gasteiger partial charge in [-0.25, -0.2) is 0 Å². The number of benzene rings is 2. The third-order valence-electron chi connectivity index (χ3n) is 2.58. The molecule has 2 rings (SSSR count). The van der Waals surface area contributed by atoms with Gasteiger partial charge >= 0.3 is 166 Å². The Bertz CT molecular complexity index is 540. The van der Waals surface area contributed by atoms with E-state index in [1.807, 2.05) is 0 Å². The maximum absolute atomic E-state index is 12.7. The minimum Gasteiger partial charge on any atom is 1.00 e. The van der Waals surface area contributed by atoms with E-state index in [0.29, 0.717) is 0 Å². The van der Waals surface area contributed by atoms with Crippen LogP contribution in [0.15, 0.2) is 48.5 Å². The van der Waals surface area contributed by atoms with Crippen molar-refractivity contribution in [2.45, 2.75) is 5.32 Å². The van der Waals surface area contributed by atoms with E-state index in [1.54, 1.807) is 12.1 Å². The second-order valence-electron chi connectivity index (χ2n) is 4.06. The molecule has 0 unspecified atom stereocenters. The van der Waals surface area contributed by atoms with Crippen molar-refractivity contribution >= 4 is 31.9 Å². The van der Waals surface area contributed by atoms with Gasteiger partial charge in [-0.2, -0.15) is 0 Å². The van der Waals surface area contributed by atoms with Gasteiger partial charge in [-0.3, -0.25) is 0 Å². The molecule has 0 aromatic heterocycles. The van der Waals surface area contributed by atoms with Crippen molar-refractivity contribution in [2.24, 2.45) is 0 Å². The van der Waals surface area contributed by atoms with Gasteiger partial charge in [-0.15, -0.1) is 0 Å². The van der Waals surface area contributed by atoms with Crippen LogP contribution in [0.3, 0.4) is 0 Å². The summed E-state index contributed by atoms with van der Waals surface area (Å²) in [6.45, 7) is -4.92. The fraction of sp³-hybridized carbons (Fsp3) is 0.0769. The van der Waals surface area contributed by atoms with Gasteiger partial charge in [0.25, 0.3) is 0 Å². The molecule has 0 aliphatic heterocycles. The third-order valence-corrected chi connectivity index (χ3v) is 4.85. The van der Waals surface area contributed by atoms with Crippen molar-refractivity contribution in [1.29, 1.82) is 0 Å². The summed E-state index contributed by atoms with van der Waals surface area (Å²) in [6.07, 6.45) is 0. The van der Waals surface area contributed by atoms with Crippen LogP contribution in [0.2, 0.25) is 0 Å². The fourth-order valence-corrected chi connectivity index (χ4v) is 3.32. The fourth-order valence-electron chi connectivity index (χ4n) is 1.53. The predicted molar refractivity (Wildman–Crippen MR) is 70.6 cm³/mol. The Morgan fingerprint density at radius 2 is 1.40 bits per heavy atom. The van der Waals surface area contributed by atoms with Crippen LogP contribution in [0, 0.1) is 5.82 Å². The summed E-state index contributed by atoms with van der Waals surface area (Å²) in [5.41, 5.74) is 0.423. The summed E-state index contributed by atoms with van der Waals surface area (Å²) in [5.74, 6) is -0.284. The molecule has 0 spiro atoms. The van der Waals surface area contributed by atoms with Crippen LogP contribution in [0.4, 0.5) is 17.3 Å². The van der Waals surface area contributed by atoms with Gasteiger partial charge < -0.3 is 0 Å². The molecule has 100 valence electrons. The molecule has 0 saturated carbocycles. The zero-order valence-corrected chi connectivity index (χ0v) is 15.7. The van der Waals surface area contributed by atoms with Crippen LogP contribution in [0.1, 0.15) is 5.56 Å². The van der Waals surface area contributed by atoms with E-state index in [-0.39, 0.29) is 72.2 Å². The van der Waals surface area contributed by atoms with Crippen molar-refractivity contribution in [3.63, 3.8) is 0 Å². The molecular weight excluding hydrogens is 361 g/mol. The molecule has 20 heavy (non-hydrogen) atoms. The Morgan fingerprint density at radius 1 is 0.850 bits per heavy atom. The molecule has 7 heteroatoms. The summed E-state index contributed by atoms with van der Waals surface area (Å²) in [5, 5.41) is 0.740. The van der Waals surface area contributed by atoms with E-state index in [0.717, 1.165) is 27.5 Å². The normalized spacial score (nSPS) is 11.0. The van der Waals surface area contributed by atoms with Gasteiger partial charge in [0.05, 0.1) is 0 Å². The topological polar surface area (TPSA) is 0 Å². The summed E-state index contributed by atoms with van der Waals surface area (Å²) in [6, 6.07) is 11.5. The largest absolute Gasteiger partial charge is 1.00 e. The summed E-state index contributed by atoms with van der Waals surface area (Å²) < 4.78 is 50.9. The second-order valence-corrected chi connectivity index (χ2v) is 6.26. The number of hydrogen-bond donors (Lipinski definition) is 0. The van der Waals surface area contributed by atoms with Gasteiger partial charge in [-0.1, -0.05) is 0 Å². The Labute approximate surface area is 164 Å². The molecule has 2 aromatic carbocycles. The average molecular weight is 371 g/mol. The Hall–Kier alpha value is 0.381. The first-order chi connectivity index (χ1) is 8.95. The van der Waals surface area contributed by atoms with Crippen LogP contribution in [0.5, 0.6) is 0 Å². The van der Waals surface area contributed by atoms with Crippen molar-refractivity contribution in [2.75, 3.05) is 0 Å². The van der Waals surface area contributed by atoms with Gasteiger partial charge in [-0.05, 0) is 0 Å². The quantitative estimate of drug-likeness (QED) is 0.498. The van der Waals surface area contributed by atoms with Crippen molar-refractivity contribution in [3.05, 3.63) is 59.9 Å². The Morgan fingerprint density at radius 3 is 1.90 bits per heavy atom. The summed E-state index contributed by atoms with van der Waals surface area (Å²) in [7, 11) is 0. The van der Waals surface area contributed by atoms with Gasteiger partial charge in [0.2, 0.25) is 0 Å². The number of halogens is 4. The standard InChI is InChI=1S/C13H10BF4Se.K/c15-12-5-1-10(2-6-12)9-19-13-7-3-11(4-8-13)14(16,17)18;/h1-8H,9H2;/q-1;+1. The van der Waals surface area contributed by atoms with Gasteiger partial charge in [0, 0.05) is 0 Å². The SMILES string of the molecule is Fc1ccc(C[Se]c2ccc([B-](F)(F)F)cc2)cc1.[K+]. The molecule has 2 aromatic rings. The maximum Gasteiger partial charge on any atom is 1.00 e. The molecule has 0 heterocycles. The van der Waals surface area contributed by atoms with Crippen LogP contribution in [0.25, 0.3) is 0 Å². The molecule has 0 nitrogen and oxygen atoms in total. The first-order valence-electron chi connectivity index (χ1n) is 5.62. The molecule has 0 atom stereocenters. The smallest absolute Gasteiger partial charge is 1.00 e. The molecule has 0 fully saturated rings. The summed E-state index contributed by atoms with van der Waals surface area (Å²) >= 11 is 0.0506. The van der Waals surface area contributed by atoms with Crippen LogP contribution in [-0.4, -0.2) is 21.9 Å². The first-order valence-corrected chi connectivity index (χ1v) is 7.69. The van der Waals surface area contributed by atoms with E-state index in [4.69, 9.17) is 0 Å².